The highest BCUT2D eigenvalue weighted by atomic mass is 32.2. The maximum absolute atomic E-state index is 13.1. The van der Waals surface area contributed by atoms with Crippen LogP contribution in [0.1, 0.15) is 29.5 Å². The summed E-state index contributed by atoms with van der Waals surface area (Å²) in [5.74, 6) is -0.891. The Morgan fingerprint density at radius 1 is 1.06 bits per heavy atom. The van der Waals surface area contributed by atoms with Crippen molar-refractivity contribution in [2.24, 2.45) is 0 Å². The Kier molecular flexibility index (Phi) is 7.65. The molecule has 2 aromatic rings. The van der Waals surface area contributed by atoms with E-state index < -0.39 is 27.8 Å². The Hall–Kier alpha value is -2.99. The van der Waals surface area contributed by atoms with Crippen molar-refractivity contribution >= 4 is 27.5 Å². The number of Topliss-reactive ketones (excluding diaryl/α,β-unsaturated/α-hetero) is 1. The molecule has 1 amide bonds. The van der Waals surface area contributed by atoms with Gasteiger partial charge in [0.25, 0.3) is 11.7 Å². The minimum atomic E-state index is -3.66. The van der Waals surface area contributed by atoms with E-state index in [-0.39, 0.29) is 21.8 Å². The highest BCUT2D eigenvalue weighted by molar-refractivity contribution is 7.89. The zero-order chi connectivity index (χ0) is 26.0. The van der Waals surface area contributed by atoms with Crippen molar-refractivity contribution in [3.63, 3.8) is 0 Å². The first kappa shape index (κ1) is 26.1. The minimum Gasteiger partial charge on any atom is -0.507 e. The maximum atomic E-state index is 13.1. The summed E-state index contributed by atoms with van der Waals surface area (Å²) >= 11 is 0. The molecule has 0 saturated carbocycles. The van der Waals surface area contributed by atoms with Crippen LogP contribution >= 0.6 is 0 Å². The number of aliphatic hydroxyl groups excluding tert-OH is 1. The molecule has 0 spiro atoms. The molecule has 194 valence electrons. The van der Waals surface area contributed by atoms with Crippen molar-refractivity contribution < 1.29 is 32.3 Å². The van der Waals surface area contributed by atoms with E-state index in [4.69, 9.17) is 9.15 Å². The number of likely N-dealkylation sites (tertiary alicyclic amines) is 1. The molecule has 2 saturated heterocycles. The van der Waals surface area contributed by atoms with E-state index >= 15 is 0 Å². The van der Waals surface area contributed by atoms with E-state index in [1.54, 1.807) is 19.1 Å². The van der Waals surface area contributed by atoms with Crippen molar-refractivity contribution in [2.75, 3.05) is 53.5 Å². The SMILES string of the molecule is Cc1ccc(C2/C(=C(/O)c3ccc(S(=O)(=O)N(C)C)cc3)C(=O)C(=O)N2CCCN2CCOCC2)o1. The molecule has 2 aliphatic heterocycles. The standard InChI is InChI=1S/C25H31N3O7S/c1-17-5-10-20(35-17)22-21(23(29)18-6-8-19(9-7-18)36(32,33)26(2)3)24(30)25(31)28(22)12-4-11-27-13-15-34-16-14-27/h5-10,22,29H,4,11-16H2,1-3H3/b23-21-. The van der Waals surface area contributed by atoms with Gasteiger partial charge in [0.1, 0.15) is 23.3 Å². The summed E-state index contributed by atoms with van der Waals surface area (Å²) in [6, 6.07) is 8.10. The van der Waals surface area contributed by atoms with Crippen LogP contribution < -0.4 is 0 Å². The van der Waals surface area contributed by atoms with Gasteiger partial charge in [0.15, 0.2) is 0 Å². The van der Waals surface area contributed by atoms with E-state index in [2.05, 4.69) is 4.90 Å². The van der Waals surface area contributed by atoms with Gasteiger partial charge in [0.2, 0.25) is 10.0 Å². The second-order valence-electron chi connectivity index (χ2n) is 9.06. The zero-order valence-electron chi connectivity index (χ0n) is 20.6. The molecule has 1 unspecified atom stereocenters. The van der Waals surface area contributed by atoms with Crippen LogP contribution in [0.15, 0.2) is 51.3 Å². The molecule has 1 aromatic carbocycles. The monoisotopic (exact) mass is 517 g/mol. The molecule has 0 radical (unpaired) electrons. The number of nitrogens with zero attached hydrogens (tertiary/aromatic N) is 3. The Labute approximate surface area is 210 Å². The van der Waals surface area contributed by atoms with E-state index in [0.29, 0.717) is 37.7 Å². The van der Waals surface area contributed by atoms with Gasteiger partial charge in [0.05, 0.1) is 23.7 Å². The van der Waals surface area contributed by atoms with Crippen molar-refractivity contribution in [1.82, 2.24) is 14.1 Å². The van der Waals surface area contributed by atoms with Gasteiger partial charge < -0.3 is 19.2 Å². The van der Waals surface area contributed by atoms with E-state index in [1.165, 1.54) is 43.3 Å². The van der Waals surface area contributed by atoms with E-state index in [1.807, 2.05) is 0 Å². The van der Waals surface area contributed by atoms with Gasteiger partial charge in [-0.15, -0.1) is 0 Å². The molecule has 1 aromatic heterocycles. The smallest absolute Gasteiger partial charge is 0.295 e. The number of rotatable bonds is 8. The lowest BCUT2D eigenvalue weighted by Crippen LogP contribution is -2.38. The molecular weight excluding hydrogens is 486 g/mol. The molecule has 1 N–H and O–H groups in total. The Bertz CT molecular complexity index is 1260. The summed E-state index contributed by atoms with van der Waals surface area (Å²) in [6.45, 7) is 5.80. The number of benzene rings is 1. The van der Waals surface area contributed by atoms with Gasteiger partial charge >= 0.3 is 0 Å². The normalized spacial score (nSPS) is 21.0. The number of carbonyl (C=O) groups excluding carboxylic acids is 2. The van der Waals surface area contributed by atoms with Gasteiger partial charge in [-0.1, -0.05) is 0 Å². The van der Waals surface area contributed by atoms with Crippen LogP contribution in [-0.4, -0.2) is 92.8 Å². The number of ketones is 1. The van der Waals surface area contributed by atoms with Gasteiger partial charge in [-0.05, 0) is 49.7 Å². The summed E-state index contributed by atoms with van der Waals surface area (Å²) in [5, 5.41) is 11.2. The number of morpholine rings is 1. The second-order valence-corrected chi connectivity index (χ2v) is 11.2. The molecule has 2 fully saturated rings. The number of amides is 1. The molecule has 4 rings (SSSR count). The van der Waals surface area contributed by atoms with Crippen molar-refractivity contribution in [1.29, 1.82) is 0 Å². The second kappa shape index (κ2) is 10.6. The van der Waals surface area contributed by atoms with Crippen LogP contribution in [0.2, 0.25) is 0 Å². The number of aryl methyl sites for hydroxylation is 1. The van der Waals surface area contributed by atoms with Gasteiger partial charge in [-0.25, -0.2) is 12.7 Å². The Morgan fingerprint density at radius 3 is 2.31 bits per heavy atom. The quantitative estimate of drug-likeness (QED) is 0.321. The van der Waals surface area contributed by atoms with Crippen LogP contribution in [-0.2, 0) is 24.3 Å². The van der Waals surface area contributed by atoms with Crippen LogP contribution in [0.4, 0.5) is 0 Å². The van der Waals surface area contributed by atoms with Crippen LogP contribution in [0.5, 0.6) is 0 Å². The third kappa shape index (κ3) is 5.10. The molecule has 10 nitrogen and oxygen atoms in total. The number of ether oxygens (including phenoxy) is 1. The summed E-state index contributed by atoms with van der Waals surface area (Å²) < 4.78 is 37.0. The van der Waals surface area contributed by atoms with Crippen molar-refractivity contribution in [3.05, 3.63) is 59.1 Å². The molecule has 2 aliphatic rings. The van der Waals surface area contributed by atoms with Gasteiger partial charge in [-0.2, -0.15) is 0 Å². The largest absolute Gasteiger partial charge is 0.507 e. The average molecular weight is 518 g/mol. The third-order valence-electron chi connectivity index (χ3n) is 6.45. The van der Waals surface area contributed by atoms with Crippen molar-refractivity contribution in [3.8, 4) is 0 Å². The fourth-order valence-electron chi connectivity index (χ4n) is 4.45. The lowest BCUT2D eigenvalue weighted by Gasteiger charge is -2.28. The summed E-state index contributed by atoms with van der Waals surface area (Å²) in [4.78, 5) is 29.9. The van der Waals surface area contributed by atoms with Crippen LogP contribution in [0, 0.1) is 6.92 Å². The summed E-state index contributed by atoms with van der Waals surface area (Å²) in [7, 11) is -0.806. The molecule has 11 heteroatoms. The zero-order valence-corrected chi connectivity index (χ0v) is 21.5. The lowest BCUT2D eigenvalue weighted by molar-refractivity contribution is -0.140. The van der Waals surface area contributed by atoms with Crippen LogP contribution in [0.3, 0.4) is 0 Å². The number of carbonyl (C=O) groups is 2. The third-order valence-corrected chi connectivity index (χ3v) is 8.28. The minimum absolute atomic E-state index is 0.0471. The van der Waals surface area contributed by atoms with Crippen molar-refractivity contribution in [2.45, 2.75) is 24.3 Å². The fourth-order valence-corrected chi connectivity index (χ4v) is 5.35. The predicted molar refractivity (Wildman–Crippen MR) is 132 cm³/mol. The lowest BCUT2D eigenvalue weighted by atomic mass is 9.99. The number of hydrogen-bond acceptors (Lipinski definition) is 8. The first-order valence-corrected chi connectivity index (χ1v) is 13.2. The number of hydrogen-bond donors (Lipinski definition) is 1. The van der Waals surface area contributed by atoms with Crippen LogP contribution in [0.25, 0.3) is 5.76 Å². The number of sulfonamides is 1. The molecular formula is C25H31N3O7S. The molecule has 1 atom stereocenters. The van der Waals surface area contributed by atoms with E-state index in [0.717, 1.165) is 23.9 Å². The molecule has 0 bridgehead atoms. The Balaban J connectivity index is 1.66. The number of furan rings is 1. The van der Waals surface area contributed by atoms with Gasteiger partial charge in [-0.3, -0.25) is 14.5 Å². The summed E-state index contributed by atoms with van der Waals surface area (Å²) in [6.07, 6.45) is 0.639. The highest BCUT2D eigenvalue weighted by Gasteiger charge is 2.47. The topological polar surface area (TPSA) is 121 Å². The Morgan fingerprint density at radius 2 is 1.72 bits per heavy atom. The molecule has 3 heterocycles. The molecule has 36 heavy (non-hydrogen) atoms. The first-order chi connectivity index (χ1) is 17.1. The highest BCUT2D eigenvalue weighted by Crippen LogP contribution is 2.40. The summed E-state index contributed by atoms with van der Waals surface area (Å²) in [5.41, 5.74) is 0.149. The molecule has 0 aliphatic carbocycles. The van der Waals surface area contributed by atoms with E-state index in [9.17, 15) is 23.1 Å². The average Bonchev–Trinajstić information content (AvgIpc) is 3.40. The number of aliphatic hydroxyl groups is 1. The first-order valence-electron chi connectivity index (χ1n) is 11.8. The predicted octanol–water partition coefficient (Wildman–Crippen LogP) is 1.98. The van der Waals surface area contributed by atoms with Gasteiger partial charge in [0, 0.05) is 45.8 Å². The maximum Gasteiger partial charge on any atom is 0.295 e. The fraction of sp³-hybridized carbons (Fsp3) is 0.440.